The Morgan fingerprint density at radius 2 is 2.00 bits per heavy atom. The fourth-order valence-corrected chi connectivity index (χ4v) is 5.15. The van der Waals surface area contributed by atoms with Crippen molar-refractivity contribution in [3.63, 3.8) is 0 Å². The molecule has 8 heteroatoms. The molecule has 2 heterocycles. The number of aromatic nitrogens is 2. The molecule has 1 amide bonds. The second-order valence-corrected chi connectivity index (χ2v) is 9.50. The van der Waals surface area contributed by atoms with E-state index in [1.54, 1.807) is 0 Å². The number of halogens is 1. The maximum Gasteiger partial charge on any atom is 0.277 e. The van der Waals surface area contributed by atoms with Crippen molar-refractivity contribution >= 4 is 56.4 Å². The number of anilines is 1. The Labute approximate surface area is 187 Å². The van der Waals surface area contributed by atoms with Gasteiger partial charge in [-0.25, -0.2) is 0 Å². The van der Waals surface area contributed by atoms with Crippen LogP contribution in [0, 0.1) is 6.92 Å². The van der Waals surface area contributed by atoms with Gasteiger partial charge >= 0.3 is 0 Å². The largest absolute Gasteiger partial charge is 0.410 e. The summed E-state index contributed by atoms with van der Waals surface area (Å²) in [6.45, 7) is 6.21. The van der Waals surface area contributed by atoms with Crippen molar-refractivity contribution in [3.05, 3.63) is 58.6 Å². The summed E-state index contributed by atoms with van der Waals surface area (Å²) in [5.41, 5.74) is 3.04. The molecule has 0 aliphatic rings. The van der Waals surface area contributed by atoms with Crippen LogP contribution >= 0.6 is 34.7 Å². The van der Waals surface area contributed by atoms with Gasteiger partial charge in [0.2, 0.25) is 5.91 Å². The molecule has 0 aliphatic heterocycles. The van der Waals surface area contributed by atoms with Crippen molar-refractivity contribution < 1.29 is 9.21 Å². The molecule has 0 saturated carbocycles. The molecule has 0 spiro atoms. The molecular weight excluding hydrogens is 438 g/mol. The van der Waals surface area contributed by atoms with Gasteiger partial charge in [-0.05, 0) is 30.0 Å². The highest BCUT2D eigenvalue weighted by atomic mass is 35.5. The molecule has 154 valence electrons. The maximum atomic E-state index is 12.5. The number of carbonyl (C=O) groups excluding carboxylic acids is 1. The van der Waals surface area contributed by atoms with Crippen LogP contribution in [0.1, 0.15) is 30.9 Å². The molecule has 0 aliphatic carbocycles. The molecule has 0 bridgehead atoms. The zero-order chi connectivity index (χ0) is 21.3. The van der Waals surface area contributed by atoms with Gasteiger partial charge in [0.15, 0.2) is 0 Å². The molecule has 30 heavy (non-hydrogen) atoms. The van der Waals surface area contributed by atoms with Gasteiger partial charge in [0, 0.05) is 15.8 Å². The van der Waals surface area contributed by atoms with Crippen LogP contribution in [0.25, 0.3) is 20.9 Å². The van der Waals surface area contributed by atoms with Gasteiger partial charge in [0.1, 0.15) is 4.88 Å². The lowest BCUT2D eigenvalue weighted by atomic mass is 9.98. The minimum absolute atomic E-state index is 0.115. The van der Waals surface area contributed by atoms with Crippen molar-refractivity contribution in [2.75, 3.05) is 11.1 Å². The lowest BCUT2D eigenvalue weighted by Gasteiger charge is -2.16. The first-order valence-corrected chi connectivity index (χ1v) is 11.6. The predicted octanol–water partition coefficient (Wildman–Crippen LogP) is 6.77. The standard InChI is InChI=1S/C22H20ClN3O2S2/c1-12(2)14-9-6-7-13(3)19(14)24-17(27)11-29-22-26-25-21(28-22)20-18(23)15-8-4-5-10-16(15)30-20/h4-10,12H,11H2,1-3H3,(H,24,27). The highest BCUT2D eigenvalue weighted by Crippen LogP contribution is 2.41. The number of para-hydroxylation sites is 1. The Kier molecular flexibility index (Phi) is 6.13. The van der Waals surface area contributed by atoms with Crippen LogP contribution in [0.2, 0.25) is 5.02 Å². The fraction of sp³-hybridized carbons (Fsp3) is 0.227. The molecule has 0 unspecified atom stereocenters. The Balaban J connectivity index is 1.45. The van der Waals surface area contributed by atoms with Crippen LogP contribution in [-0.4, -0.2) is 21.9 Å². The van der Waals surface area contributed by atoms with Gasteiger partial charge in [-0.15, -0.1) is 21.5 Å². The van der Waals surface area contributed by atoms with Crippen molar-refractivity contribution in [2.45, 2.75) is 31.9 Å². The van der Waals surface area contributed by atoms with E-state index in [0.717, 1.165) is 31.8 Å². The molecule has 0 radical (unpaired) electrons. The molecule has 0 atom stereocenters. The van der Waals surface area contributed by atoms with E-state index in [1.165, 1.54) is 23.1 Å². The minimum atomic E-state index is -0.115. The van der Waals surface area contributed by atoms with Gasteiger partial charge in [-0.3, -0.25) is 4.79 Å². The molecule has 0 fully saturated rings. The van der Waals surface area contributed by atoms with Gasteiger partial charge in [-0.1, -0.05) is 73.6 Å². The molecule has 4 rings (SSSR count). The second kappa shape index (κ2) is 8.79. The second-order valence-electron chi connectivity index (χ2n) is 7.15. The van der Waals surface area contributed by atoms with Gasteiger partial charge in [0.05, 0.1) is 10.8 Å². The van der Waals surface area contributed by atoms with E-state index in [2.05, 4.69) is 29.4 Å². The highest BCUT2D eigenvalue weighted by Gasteiger charge is 2.19. The number of carbonyl (C=O) groups is 1. The van der Waals surface area contributed by atoms with E-state index >= 15 is 0 Å². The SMILES string of the molecule is Cc1cccc(C(C)C)c1NC(=O)CSc1nnc(-c2sc3ccccc3c2Cl)o1. The third kappa shape index (κ3) is 4.24. The number of aryl methyl sites for hydroxylation is 1. The number of thiophene rings is 1. The monoisotopic (exact) mass is 457 g/mol. The van der Waals surface area contributed by atoms with Crippen LogP contribution < -0.4 is 5.32 Å². The van der Waals surface area contributed by atoms with Crippen molar-refractivity contribution in [3.8, 4) is 10.8 Å². The average molecular weight is 458 g/mol. The summed E-state index contributed by atoms with van der Waals surface area (Å²) in [7, 11) is 0. The number of nitrogens with one attached hydrogen (secondary N) is 1. The number of thioether (sulfide) groups is 1. The molecular formula is C22H20ClN3O2S2. The van der Waals surface area contributed by atoms with Crippen molar-refractivity contribution in [2.24, 2.45) is 0 Å². The Morgan fingerprint density at radius 3 is 2.77 bits per heavy atom. The first kappa shape index (κ1) is 20.9. The fourth-order valence-electron chi connectivity index (χ4n) is 3.16. The van der Waals surface area contributed by atoms with E-state index in [9.17, 15) is 4.79 Å². The summed E-state index contributed by atoms with van der Waals surface area (Å²) in [6.07, 6.45) is 0. The number of amides is 1. The summed E-state index contributed by atoms with van der Waals surface area (Å²) in [5, 5.41) is 13.1. The summed E-state index contributed by atoms with van der Waals surface area (Å²) in [5.74, 6) is 0.742. The van der Waals surface area contributed by atoms with Crippen molar-refractivity contribution in [1.29, 1.82) is 0 Å². The zero-order valence-corrected chi connectivity index (χ0v) is 19.1. The van der Waals surface area contributed by atoms with Gasteiger partial charge in [-0.2, -0.15) is 0 Å². The predicted molar refractivity (Wildman–Crippen MR) is 125 cm³/mol. The summed E-state index contributed by atoms with van der Waals surface area (Å²) < 4.78 is 6.81. The number of benzene rings is 2. The Morgan fingerprint density at radius 1 is 1.20 bits per heavy atom. The first-order valence-electron chi connectivity index (χ1n) is 9.47. The van der Waals surface area contributed by atoms with Crippen molar-refractivity contribution in [1.82, 2.24) is 10.2 Å². The summed E-state index contributed by atoms with van der Waals surface area (Å²) in [6, 6.07) is 13.9. The number of rotatable bonds is 6. The quantitative estimate of drug-likeness (QED) is 0.323. The number of hydrogen-bond donors (Lipinski definition) is 1. The maximum absolute atomic E-state index is 12.5. The topological polar surface area (TPSA) is 68.0 Å². The van der Waals surface area contributed by atoms with Gasteiger partial charge in [0.25, 0.3) is 11.1 Å². The number of nitrogens with zero attached hydrogens (tertiary/aromatic N) is 2. The third-order valence-corrected chi connectivity index (χ3v) is 7.14. The summed E-state index contributed by atoms with van der Waals surface area (Å²) in [4.78, 5) is 13.3. The third-order valence-electron chi connectivity index (χ3n) is 4.65. The smallest absolute Gasteiger partial charge is 0.277 e. The lowest BCUT2D eigenvalue weighted by molar-refractivity contribution is -0.113. The van der Waals surface area contributed by atoms with E-state index < -0.39 is 0 Å². The van der Waals surface area contributed by atoms with Gasteiger partial charge < -0.3 is 9.73 Å². The molecule has 4 aromatic rings. The van der Waals surface area contributed by atoms with E-state index in [4.69, 9.17) is 16.0 Å². The van der Waals surface area contributed by atoms with Crippen LogP contribution in [0.3, 0.4) is 0 Å². The van der Waals surface area contributed by atoms with Crippen LogP contribution in [0.5, 0.6) is 0 Å². The van der Waals surface area contributed by atoms with E-state index in [-0.39, 0.29) is 11.7 Å². The number of hydrogen-bond acceptors (Lipinski definition) is 6. The Hall–Kier alpha value is -2.35. The molecule has 2 aromatic carbocycles. The zero-order valence-electron chi connectivity index (χ0n) is 16.7. The molecule has 5 nitrogen and oxygen atoms in total. The lowest BCUT2D eigenvalue weighted by Crippen LogP contribution is -2.16. The highest BCUT2D eigenvalue weighted by molar-refractivity contribution is 7.99. The number of fused-ring (bicyclic) bond motifs is 1. The van der Waals surface area contributed by atoms with Crippen LogP contribution in [0.4, 0.5) is 5.69 Å². The van der Waals surface area contributed by atoms with Crippen LogP contribution in [-0.2, 0) is 4.79 Å². The minimum Gasteiger partial charge on any atom is -0.410 e. The van der Waals surface area contributed by atoms with E-state index in [1.807, 2.05) is 49.4 Å². The van der Waals surface area contributed by atoms with E-state index in [0.29, 0.717) is 22.1 Å². The average Bonchev–Trinajstić information content (AvgIpc) is 3.32. The molecule has 2 aromatic heterocycles. The summed E-state index contributed by atoms with van der Waals surface area (Å²) >= 11 is 9.20. The van der Waals surface area contributed by atoms with Crippen LogP contribution in [0.15, 0.2) is 52.1 Å². The normalized spacial score (nSPS) is 11.4. The molecule has 1 N–H and O–H groups in total. The Bertz CT molecular complexity index is 1220. The first-order chi connectivity index (χ1) is 14.4. The molecule has 0 saturated heterocycles.